The van der Waals surface area contributed by atoms with E-state index in [1.807, 2.05) is 50.2 Å². The third kappa shape index (κ3) is 5.06. The molecule has 1 atom stereocenters. The quantitative estimate of drug-likeness (QED) is 0.583. The van der Waals surface area contributed by atoms with Gasteiger partial charge in [-0.25, -0.2) is 8.42 Å². The lowest BCUT2D eigenvalue weighted by atomic mass is 10.1. The lowest BCUT2D eigenvalue weighted by Crippen LogP contribution is -2.29. The summed E-state index contributed by atoms with van der Waals surface area (Å²) in [7, 11) is -0.422. The number of hydrogen-bond donors (Lipinski definition) is 1. The molecule has 0 spiro atoms. The van der Waals surface area contributed by atoms with Crippen LogP contribution in [0.5, 0.6) is 5.75 Å². The summed E-state index contributed by atoms with van der Waals surface area (Å²) in [6.07, 6.45) is 0. The molecule has 0 aliphatic carbocycles. The van der Waals surface area contributed by atoms with Gasteiger partial charge in [0.05, 0.1) is 23.7 Å². The highest BCUT2D eigenvalue weighted by molar-refractivity contribution is 7.92. The minimum Gasteiger partial charge on any atom is -0.497 e. The van der Waals surface area contributed by atoms with Gasteiger partial charge in [0.2, 0.25) is 0 Å². The zero-order valence-electron chi connectivity index (χ0n) is 18.0. The first kappa shape index (κ1) is 22.4. The van der Waals surface area contributed by atoms with E-state index in [1.54, 1.807) is 31.2 Å². The standard InChI is InChI=1S/C24H26N2O4S/c1-17-7-5-6-8-23(17)25-31(28,29)22-15-11-20(12-16-22)24(27)26(3)18(2)19-9-13-21(30-4)14-10-19/h5-16,18,25H,1-4H3. The number of nitrogens with one attached hydrogen (secondary N) is 1. The summed E-state index contributed by atoms with van der Waals surface area (Å²) in [4.78, 5) is 14.6. The second kappa shape index (κ2) is 9.22. The predicted octanol–water partition coefficient (Wildman–Crippen LogP) is 4.64. The Morgan fingerprint density at radius 2 is 1.58 bits per heavy atom. The number of carbonyl (C=O) groups is 1. The number of aryl methyl sites for hydroxylation is 1. The summed E-state index contributed by atoms with van der Waals surface area (Å²) < 4.78 is 33.2. The lowest BCUT2D eigenvalue weighted by molar-refractivity contribution is 0.0742. The number of carbonyl (C=O) groups excluding carboxylic acids is 1. The first-order valence-electron chi connectivity index (χ1n) is 9.82. The van der Waals surface area contributed by atoms with Crippen molar-refractivity contribution in [1.82, 2.24) is 4.90 Å². The van der Waals surface area contributed by atoms with Crippen molar-refractivity contribution in [2.24, 2.45) is 0 Å². The smallest absolute Gasteiger partial charge is 0.261 e. The van der Waals surface area contributed by atoms with E-state index in [1.165, 1.54) is 24.3 Å². The summed E-state index contributed by atoms with van der Waals surface area (Å²) in [6.45, 7) is 3.77. The van der Waals surface area contributed by atoms with Crippen molar-refractivity contribution < 1.29 is 17.9 Å². The van der Waals surface area contributed by atoms with E-state index < -0.39 is 10.0 Å². The maximum Gasteiger partial charge on any atom is 0.261 e. The van der Waals surface area contributed by atoms with E-state index in [4.69, 9.17) is 4.74 Å². The molecule has 1 unspecified atom stereocenters. The molecule has 6 nitrogen and oxygen atoms in total. The summed E-state index contributed by atoms with van der Waals surface area (Å²) >= 11 is 0. The SMILES string of the molecule is COc1ccc(C(C)N(C)C(=O)c2ccc(S(=O)(=O)Nc3ccccc3C)cc2)cc1. The zero-order chi connectivity index (χ0) is 22.6. The average molecular weight is 439 g/mol. The molecule has 0 saturated carbocycles. The van der Waals surface area contributed by atoms with Gasteiger partial charge in [-0.1, -0.05) is 30.3 Å². The Kier molecular flexibility index (Phi) is 6.65. The molecule has 162 valence electrons. The number of hydrogen-bond acceptors (Lipinski definition) is 4. The zero-order valence-corrected chi connectivity index (χ0v) is 18.8. The van der Waals surface area contributed by atoms with Crippen molar-refractivity contribution in [2.45, 2.75) is 24.8 Å². The number of nitrogens with zero attached hydrogens (tertiary/aromatic N) is 1. The third-order valence-corrected chi connectivity index (χ3v) is 6.68. The fraction of sp³-hybridized carbons (Fsp3) is 0.208. The van der Waals surface area contributed by atoms with E-state index in [9.17, 15) is 13.2 Å². The number of sulfonamides is 1. The molecule has 0 aromatic heterocycles. The Morgan fingerprint density at radius 1 is 0.968 bits per heavy atom. The fourth-order valence-corrected chi connectivity index (χ4v) is 4.28. The van der Waals surface area contributed by atoms with Crippen LogP contribution in [0.4, 0.5) is 5.69 Å². The molecule has 0 fully saturated rings. The second-order valence-corrected chi connectivity index (χ2v) is 8.99. The second-order valence-electron chi connectivity index (χ2n) is 7.31. The number of anilines is 1. The Labute approximate surface area is 183 Å². The van der Waals surface area contributed by atoms with Crippen LogP contribution in [0.15, 0.2) is 77.7 Å². The molecule has 7 heteroatoms. The first-order valence-corrected chi connectivity index (χ1v) is 11.3. The van der Waals surface area contributed by atoms with E-state index >= 15 is 0 Å². The highest BCUT2D eigenvalue weighted by Crippen LogP contribution is 2.24. The van der Waals surface area contributed by atoms with Crippen molar-refractivity contribution in [3.63, 3.8) is 0 Å². The fourth-order valence-electron chi connectivity index (χ4n) is 3.15. The van der Waals surface area contributed by atoms with Crippen LogP contribution >= 0.6 is 0 Å². The maximum atomic E-state index is 12.9. The third-order valence-electron chi connectivity index (χ3n) is 5.30. The van der Waals surface area contributed by atoms with E-state index in [0.717, 1.165) is 16.9 Å². The van der Waals surface area contributed by atoms with Crippen molar-refractivity contribution in [1.29, 1.82) is 0 Å². The van der Waals surface area contributed by atoms with E-state index in [0.29, 0.717) is 11.3 Å². The number of para-hydroxylation sites is 1. The average Bonchev–Trinajstić information content (AvgIpc) is 2.79. The van der Waals surface area contributed by atoms with Gasteiger partial charge in [0.25, 0.3) is 15.9 Å². The largest absolute Gasteiger partial charge is 0.497 e. The summed E-state index contributed by atoms with van der Waals surface area (Å²) in [5, 5.41) is 0. The Bertz CT molecular complexity index is 1160. The van der Waals surface area contributed by atoms with Crippen molar-refractivity contribution in [3.8, 4) is 5.75 Å². The molecule has 0 aliphatic heterocycles. The summed E-state index contributed by atoms with van der Waals surface area (Å²) in [6, 6.07) is 20.5. The van der Waals surface area contributed by atoms with Crippen LogP contribution in [0.25, 0.3) is 0 Å². The highest BCUT2D eigenvalue weighted by Gasteiger charge is 2.21. The van der Waals surface area contributed by atoms with Crippen molar-refractivity contribution in [2.75, 3.05) is 18.9 Å². The van der Waals surface area contributed by atoms with Crippen molar-refractivity contribution >= 4 is 21.6 Å². The minimum absolute atomic E-state index is 0.0955. The van der Waals surface area contributed by atoms with E-state index in [-0.39, 0.29) is 16.8 Å². The van der Waals surface area contributed by atoms with Crippen LogP contribution in [0, 0.1) is 6.92 Å². The topological polar surface area (TPSA) is 75.7 Å². The molecule has 3 aromatic carbocycles. The number of methoxy groups -OCH3 is 1. The predicted molar refractivity (Wildman–Crippen MR) is 122 cm³/mol. The van der Waals surface area contributed by atoms with Crippen LogP contribution in [0.3, 0.4) is 0 Å². The summed E-state index contributed by atoms with van der Waals surface area (Å²) in [5.74, 6) is 0.556. The van der Waals surface area contributed by atoms with Crippen LogP contribution in [-0.4, -0.2) is 33.4 Å². The molecule has 3 aromatic rings. The molecule has 0 heterocycles. The normalized spacial score (nSPS) is 12.1. The molecular weight excluding hydrogens is 412 g/mol. The molecule has 3 rings (SSSR count). The van der Waals surface area contributed by atoms with Gasteiger partial charge in [0.15, 0.2) is 0 Å². The van der Waals surface area contributed by atoms with Crippen LogP contribution in [0.2, 0.25) is 0 Å². The van der Waals surface area contributed by atoms with Gasteiger partial charge in [-0.05, 0) is 67.4 Å². The van der Waals surface area contributed by atoms with Gasteiger partial charge in [0.1, 0.15) is 5.75 Å². The van der Waals surface area contributed by atoms with E-state index in [2.05, 4.69) is 4.72 Å². The highest BCUT2D eigenvalue weighted by atomic mass is 32.2. The molecule has 0 saturated heterocycles. The molecular formula is C24H26N2O4S. The Morgan fingerprint density at radius 3 is 2.16 bits per heavy atom. The van der Waals surface area contributed by atoms with Gasteiger partial charge < -0.3 is 9.64 Å². The molecule has 1 amide bonds. The van der Waals surface area contributed by atoms with Gasteiger partial charge in [0, 0.05) is 12.6 Å². The molecule has 1 N–H and O–H groups in total. The van der Waals surface area contributed by atoms with Crippen LogP contribution in [-0.2, 0) is 10.0 Å². The van der Waals surface area contributed by atoms with Crippen LogP contribution in [0.1, 0.15) is 34.5 Å². The number of amides is 1. The number of rotatable bonds is 7. The Hall–Kier alpha value is -3.32. The first-order chi connectivity index (χ1) is 14.7. The van der Waals surface area contributed by atoms with Gasteiger partial charge in [-0.2, -0.15) is 0 Å². The maximum absolute atomic E-state index is 12.9. The van der Waals surface area contributed by atoms with Gasteiger partial charge >= 0.3 is 0 Å². The molecule has 31 heavy (non-hydrogen) atoms. The number of benzene rings is 3. The molecule has 0 radical (unpaired) electrons. The van der Waals surface area contributed by atoms with Gasteiger partial charge in [-0.3, -0.25) is 9.52 Å². The number of ether oxygens (including phenoxy) is 1. The van der Waals surface area contributed by atoms with Crippen LogP contribution < -0.4 is 9.46 Å². The van der Waals surface area contributed by atoms with Crippen molar-refractivity contribution in [3.05, 3.63) is 89.5 Å². The summed E-state index contributed by atoms with van der Waals surface area (Å²) in [5.41, 5.74) is 2.73. The minimum atomic E-state index is -3.75. The molecule has 0 bridgehead atoms. The van der Waals surface area contributed by atoms with Gasteiger partial charge in [-0.15, -0.1) is 0 Å². The monoisotopic (exact) mass is 438 g/mol. The lowest BCUT2D eigenvalue weighted by Gasteiger charge is -2.25. The Balaban J connectivity index is 1.75. The molecule has 0 aliphatic rings.